The molecule has 0 saturated carbocycles. The molecular weight excluding hydrogens is 618 g/mol. The van der Waals surface area contributed by atoms with Gasteiger partial charge in [-0.25, -0.2) is 47.3 Å². The van der Waals surface area contributed by atoms with Gasteiger partial charge in [-0.3, -0.25) is 0 Å². The van der Waals surface area contributed by atoms with Gasteiger partial charge in [-0.15, -0.1) is 20.5 Å². The average Bonchev–Trinajstić information content (AvgIpc) is 3.44. The second-order valence-corrected chi connectivity index (χ2v) is 9.24. The van der Waals surface area contributed by atoms with Crippen LogP contribution in [0, 0.1) is 25.9 Å². The van der Waals surface area contributed by atoms with E-state index in [1.807, 2.05) is 36.4 Å². The number of hydrogen-bond acceptors (Lipinski definition) is 12. The maximum Gasteiger partial charge on any atom is 2.00 e. The number of hydrogen-bond donors (Lipinski definition) is 0. The van der Waals surface area contributed by atoms with Crippen molar-refractivity contribution in [2.45, 2.75) is 25.9 Å². The molecule has 2 heterocycles. The molecule has 0 saturated heterocycles. The van der Waals surface area contributed by atoms with E-state index in [2.05, 4.69) is 38.1 Å². The van der Waals surface area contributed by atoms with Gasteiger partial charge in [0.2, 0.25) is 0 Å². The predicted octanol–water partition coefficient (Wildman–Crippen LogP) is -5.16. The van der Waals surface area contributed by atoms with Gasteiger partial charge >= 0.3 is 20.4 Å². The third-order valence-electron chi connectivity index (χ3n) is 4.74. The quantitative estimate of drug-likeness (QED) is 0.289. The Labute approximate surface area is 225 Å². The molecule has 0 unspecified atom stereocenters. The van der Waals surface area contributed by atoms with Crippen molar-refractivity contribution in [3.63, 3.8) is 0 Å². The summed E-state index contributed by atoms with van der Waals surface area (Å²) >= 11 is 0. The van der Waals surface area contributed by atoms with Crippen LogP contribution >= 0.6 is 0 Å². The van der Waals surface area contributed by atoms with E-state index in [-0.39, 0.29) is 32.5 Å². The maximum absolute atomic E-state index is 8.49. The standard InChI is InChI=1S/C21H22N2O2.2ClHO4.Pd/c1-21(2,19-22-17(13-24-19)15-9-5-3-6-10-15)20-23-18(14-25-20)16-11-7-4-8-12-16;2*2-1(3,4)5;/h3-12,17-18H,13-14H2,1-2H3;2*(H,2,3,4,5);/q;;;+2/p-2/t17-,18-;;;/m1.../s1. The largest absolute Gasteiger partial charge is 2.00 e. The van der Waals surface area contributed by atoms with Crippen LogP contribution in [-0.2, 0) is 29.9 Å². The van der Waals surface area contributed by atoms with Crippen molar-refractivity contribution in [1.29, 1.82) is 0 Å². The minimum absolute atomic E-state index is 0. The van der Waals surface area contributed by atoms with Crippen LogP contribution in [0.5, 0.6) is 0 Å². The van der Waals surface area contributed by atoms with E-state index < -0.39 is 25.9 Å². The fraction of sp³-hybridized carbons (Fsp3) is 0.333. The fourth-order valence-electron chi connectivity index (χ4n) is 3.21. The Balaban J connectivity index is 0.000000505. The Morgan fingerprint density at radius 3 is 1.19 bits per heavy atom. The molecule has 2 aliphatic heterocycles. The Morgan fingerprint density at radius 1 is 0.639 bits per heavy atom. The van der Waals surface area contributed by atoms with Crippen molar-refractivity contribution >= 4 is 11.8 Å². The summed E-state index contributed by atoms with van der Waals surface area (Å²) in [5.41, 5.74) is 1.88. The van der Waals surface area contributed by atoms with E-state index in [1.165, 1.54) is 11.1 Å². The number of halogens is 2. The van der Waals surface area contributed by atoms with Crippen LogP contribution in [0.25, 0.3) is 0 Å². The van der Waals surface area contributed by atoms with Gasteiger partial charge in [0, 0.05) is 0 Å². The molecule has 2 aliphatic rings. The van der Waals surface area contributed by atoms with E-state index in [9.17, 15) is 0 Å². The number of aliphatic imine (C=N–C) groups is 2. The molecule has 2 atom stereocenters. The first-order valence-corrected chi connectivity index (χ1v) is 12.4. The first-order chi connectivity index (χ1) is 16.1. The average molecular weight is 640 g/mol. The van der Waals surface area contributed by atoms with Gasteiger partial charge in [0.1, 0.15) is 30.7 Å². The Kier molecular flexibility index (Phi) is 12.3. The SMILES string of the molecule is CC(C)(C1=N[C@@H](c2ccccc2)CO1)C1=N[C@@H](c2ccccc2)CO1.[O-][Cl+3]([O-])([O-])[O-].[O-][Cl+3]([O-])([O-])[O-].[Pd+2]. The van der Waals surface area contributed by atoms with Crippen LogP contribution in [0.1, 0.15) is 37.1 Å². The van der Waals surface area contributed by atoms with Crippen LogP contribution < -0.4 is 37.3 Å². The van der Waals surface area contributed by atoms with Crippen LogP contribution in [-0.4, -0.2) is 25.0 Å². The van der Waals surface area contributed by atoms with Gasteiger partial charge in [0.25, 0.3) is 0 Å². The molecule has 0 aromatic heterocycles. The summed E-state index contributed by atoms with van der Waals surface area (Å²) in [4.78, 5) is 9.61. The molecule has 15 heteroatoms. The summed E-state index contributed by atoms with van der Waals surface area (Å²) in [5.74, 6) is 1.41. The van der Waals surface area contributed by atoms with Gasteiger partial charge in [-0.1, -0.05) is 60.7 Å². The third-order valence-corrected chi connectivity index (χ3v) is 4.74. The summed E-state index contributed by atoms with van der Waals surface area (Å²) in [6.07, 6.45) is 0. The van der Waals surface area contributed by atoms with E-state index in [1.54, 1.807) is 0 Å². The molecule has 0 amide bonds. The summed E-state index contributed by atoms with van der Waals surface area (Å²) in [5, 5.41) is 0. The van der Waals surface area contributed by atoms with Gasteiger partial charge in [-0.05, 0) is 25.0 Å². The van der Waals surface area contributed by atoms with Crippen molar-refractivity contribution in [3.05, 3.63) is 71.8 Å². The summed E-state index contributed by atoms with van der Waals surface area (Å²) in [7, 11) is -9.89. The molecule has 0 fully saturated rings. The van der Waals surface area contributed by atoms with Gasteiger partial charge in [0.15, 0.2) is 11.8 Å². The second kappa shape index (κ2) is 13.7. The summed E-state index contributed by atoms with van der Waals surface area (Å²) < 4.78 is 79.8. The van der Waals surface area contributed by atoms with Crippen molar-refractivity contribution in [3.8, 4) is 0 Å². The van der Waals surface area contributed by atoms with Crippen LogP contribution in [0.4, 0.5) is 0 Å². The van der Waals surface area contributed by atoms with E-state index in [4.69, 9.17) is 56.7 Å². The molecule has 2 aromatic rings. The molecular formula is C21H22Cl2N2O10Pd. The van der Waals surface area contributed by atoms with E-state index >= 15 is 0 Å². The normalized spacial score (nSPS) is 19.2. The molecule has 12 nitrogen and oxygen atoms in total. The van der Waals surface area contributed by atoms with Crippen LogP contribution in [0.15, 0.2) is 70.6 Å². The Bertz CT molecular complexity index is 908. The van der Waals surface area contributed by atoms with Crippen molar-refractivity contribution in [2.75, 3.05) is 13.2 Å². The second-order valence-electron chi connectivity index (χ2n) is 7.72. The van der Waals surface area contributed by atoms with Crippen LogP contribution in [0.2, 0.25) is 0 Å². The smallest absolute Gasteiger partial charge is 0.478 e. The molecule has 200 valence electrons. The van der Waals surface area contributed by atoms with Crippen LogP contribution in [0.3, 0.4) is 0 Å². The third kappa shape index (κ3) is 11.6. The molecule has 0 N–H and O–H groups in total. The topological polar surface area (TPSA) is 228 Å². The number of nitrogens with zero attached hydrogens (tertiary/aromatic N) is 2. The molecule has 0 radical (unpaired) electrons. The first-order valence-electron chi connectivity index (χ1n) is 9.90. The Morgan fingerprint density at radius 2 is 0.917 bits per heavy atom. The predicted molar refractivity (Wildman–Crippen MR) is 98.9 cm³/mol. The molecule has 0 aliphatic carbocycles. The van der Waals surface area contributed by atoms with Crippen molar-refractivity contribution in [2.24, 2.45) is 15.4 Å². The minimum Gasteiger partial charge on any atom is -0.478 e. The van der Waals surface area contributed by atoms with Gasteiger partial charge < -0.3 is 9.47 Å². The zero-order chi connectivity index (χ0) is 26.3. The van der Waals surface area contributed by atoms with Gasteiger partial charge in [-0.2, -0.15) is 0 Å². The first kappa shape index (κ1) is 32.3. The van der Waals surface area contributed by atoms with Gasteiger partial charge in [0.05, 0.1) is 0 Å². The number of benzene rings is 2. The minimum atomic E-state index is -4.94. The number of rotatable bonds is 4. The van der Waals surface area contributed by atoms with Crippen molar-refractivity contribution < 1.29 is 87.7 Å². The number of ether oxygens (including phenoxy) is 2. The van der Waals surface area contributed by atoms with Crippen molar-refractivity contribution in [1.82, 2.24) is 0 Å². The summed E-state index contributed by atoms with van der Waals surface area (Å²) in [6.45, 7) is 5.26. The molecule has 0 spiro atoms. The zero-order valence-corrected chi connectivity index (χ0v) is 22.0. The molecule has 2 aromatic carbocycles. The monoisotopic (exact) mass is 638 g/mol. The maximum atomic E-state index is 8.49. The molecule has 36 heavy (non-hydrogen) atoms. The molecule has 0 bridgehead atoms. The Hall–Kier alpha value is -1.70. The summed E-state index contributed by atoms with van der Waals surface area (Å²) in [6, 6.07) is 20.6. The zero-order valence-electron chi connectivity index (χ0n) is 18.9. The van der Waals surface area contributed by atoms with E-state index in [0.717, 1.165) is 0 Å². The molecule has 4 rings (SSSR count). The fourth-order valence-corrected chi connectivity index (χ4v) is 3.21. The van der Waals surface area contributed by atoms with E-state index in [0.29, 0.717) is 25.0 Å².